The van der Waals surface area contributed by atoms with Crippen molar-refractivity contribution in [3.63, 3.8) is 0 Å². The molecule has 0 saturated heterocycles. The molecule has 0 saturated carbocycles. The van der Waals surface area contributed by atoms with Crippen LogP contribution in [-0.2, 0) is 0 Å². The number of anilines is 2. The first-order valence-electron chi connectivity index (χ1n) is 7.86. The molecule has 0 spiro atoms. The summed E-state index contributed by atoms with van der Waals surface area (Å²) in [6, 6.07) is 13.0. The van der Waals surface area contributed by atoms with Crippen LogP contribution in [0.15, 0.2) is 61.1 Å². The Hall–Kier alpha value is -3.62. The van der Waals surface area contributed by atoms with Crippen LogP contribution in [0.25, 0.3) is 22.3 Å². The molecule has 2 aromatic carbocycles. The summed E-state index contributed by atoms with van der Waals surface area (Å²) in [4.78, 5) is 15.6. The van der Waals surface area contributed by atoms with Gasteiger partial charge in [-0.1, -0.05) is 18.2 Å². The van der Waals surface area contributed by atoms with Crippen LogP contribution in [0.3, 0.4) is 0 Å². The Morgan fingerprint density at radius 1 is 1.00 bits per heavy atom. The van der Waals surface area contributed by atoms with E-state index in [-0.39, 0.29) is 17.4 Å². The van der Waals surface area contributed by atoms with Gasteiger partial charge in [0.25, 0.3) is 0 Å². The Morgan fingerprint density at radius 2 is 1.85 bits per heavy atom. The molecule has 0 aliphatic heterocycles. The highest BCUT2D eigenvalue weighted by atomic mass is 19.4. The maximum absolute atomic E-state index is 12.6. The van der Waals surface area contributed by atoms with Gasteiger partial charge >= 0.3 is 6.36 Å². The molecule has 0 atom stereocenters. The molecule has 4 aromatic rings. The van der Waals surface area contributed by atoms with Crippen LogP contribution in [0.5, 0.6) is 5.75 Å². The molecular formula is C18H12F3N5O. The molecule has 0 aliphatic carbocycles. The number of aromatic amines is 1. The van der Waals surface area contributed by atoms with E-state index in [4.69, 9.17) is 0 Å². The largest absolute Gasteiger partial charge is 0.573 e. The van der Waals surface area contributed by atoms with Crippen LogP contribution in [0.4, 0.5) is 24.8 Å². The number of aromatic nitrogens is 4. The minimum atomic E-state index is -4.79. The number of nitrogens with zero attached hydrogens (tertiary/aromatic N) is 3. The first kappa shape index (κ1) is 16.8. The van der Waals surface area contributed by atoms with Gasteiger partial charge in [-0.05, 0) is 30.3 Å². The van der Waals surface area contributed by atoms with Crippen molar-refractivity contribution >= 4 is 22.7 Å². The molecule has 0 radical (unpaired) electrons. The third-order valence-corrected chi connectivity index (χ3v) is 3.73. The molecule has 27 heavy (non-hydrogen) atoms. The topological polar surface area (TPSA) is 75.7 Å². The third-order valence-electron chi connectivity index (χ3n) is 3.73. The Balaban J connectivity index is 1.64. The number of benzene rings is 2. The monoisotopic (exact) mass is 371 g/mol. The predicted molar refractivity (Wildman–Crippen MR) is 93.5 cm³/mol. The summed E-state index contributed by atoms with van der Waals surface area (Å²) in [5.74, 6) is -0.215. The number of imidazole rings is 1. The van der Waals surface area contributed by atoms with Gasteiger partial charge < -0.3 is 15.0 Å². The highest BCUT2D eigenvalue weighted by molar-refractivity contribution is 5.80. The lowest BCUT2D eigenvalue weighted by atomic mass is 10.1. The molecule has 0 amide bonds. The van der Waals surface area contributed by atoms with Crippen molar-refractivity contribution < 1.29 is 17.9 Å². The zero-order valence-electron chi connectivity index (χ0n) is 13.7. The minimum Gasteiger partial charge on any atom is -0.404 e. The zero-order valence-corrected chi connectivity index (χ0v) is 13.7. The summed E-state index contributed by atoms with van der Waals surface area (Å²) >= 11 is 0. The Bertz CT molecular complexity index is 1090. The van der Waals surface area contributed by atoms with Gasteiger partial charge in [-0.25, -0.2) is 15.0 Å². The van der Waals surface area contributed by atoms with Crippen LogP contribution in [-0.4, -0.2) is 26.3 Å². The molecule has 2 N–H and O–H groups in total. The van der Waals surface area contributed by atoms with Crippen LogP contribution in [0.1, 0.15) is 0 Å². The van der Waals surface area contributed by atoms with E-state index < -0.39 is 6.36 Å². The summed E-state index contributed by atoms with van der Waals surface area (Å²) in [6.45, 7) is 0. The first-order chi connectivity index (χ1) is 13.0. The third kappa shape index (κ3) is 3.81. The lowest BCUT2D eigenvalue weighted by Gasteiger charge is -2.14. The van der Waals surface area contributed by atoms with Gasteiger partial charge in [0.2, 0.25) is 5.95 Å². The fourth-order valence-corrected chi connectivity index (χ4v) is 2.58. The van der Waals surface area contributed by atoms with Crippen molar-refractivity contribution in [1.29, 1.82) is 0 Å². The highest BCUT2D eigenvalue weighted by Gasteiger charge is 2.32. The van der Waals surface area contributed by atoms with Crippen molar-refractivity contribution in [2.75, 3.05) is 5.32 Å². The van der Waals surface area contributed by atoms with Crippen molar-refractivity contribution in [2.45, 2.75) is 6.36 Å². The van der Waals surface area contributed by atoms with Gasteiger partial charge in [-0.15, -0.1) is 13.2 Å². The van der Waals surface area contributed by atoms with E-state index in [2.05, 4.69) is 30.0 Å². The maximum atomic E-state index is 12.6. The summed E-state index contributed by atoms with van der Waals surface area (Å²) < 4.78 is 41.7. The van der Waals surface area contributed by atoms with E-state index in [0.717, 1.165) is 16.6 Å². The fraction of sp³-hybridized carbons (Fsp3) is 0.0556. The van der Waals surface area contributed by atoms with E-state index in [1.54, 1.807) is 18.5 Å². The van der Waals surface area contributed by atoms with Crippen molar-refractivity contribution in [3.8, 4) is 17.0 Å². The van der Waals surface area contributed by atoms with E-state index in [9.17, 15) is 13.2 Å². The lowest BCUT2D eigenvalue weighted by molar-refractivity contribution is -0.274. The SMILES string of the molecule is FC(F)(F)Oc1ccccc1Nc1nccc(-c2ccc3nc[nH]c3c2)n1. The van der Waals surface area contributed by atoms with E-state index in [1.165, 1.54) is 24.4 Å². The summed E-state index contributed by atoms with van der Waals surface area (Å²) in [6.07, 6.45) is -1.67. The molecule has 6 nitrogen and oxygen atoms in total. The molecule has 0 unspecified atom stereocenters. The zero-order chi connectivity index (χ0) is 18.9. The number of ether oxygens (including phenoxy) is 1. The molecule has 0 bridgehead atoms. The number of fused-ring (bicyclic) bond motifs is 1. The number of hydrogen-bond acceptors (Lipinski definition) is 5. The number of H-pyrrole nitrogens is 1. The average molecular weight is 371 g/mol. The number of rotatable bonds is 4. The first-order valence-corrected chi connectivity index (χ1v) is 7.86. The average Bonchev–Trinajstić information content (AvgIpc) is 3.10. The van der Waals surface area contributed by atoms with Gasteiger partial charge in [0.15, 0.2) is 5.75 Å². The molecule has 0 aliphatic rings. The molecule has 0 fully saturated rings. The Morgan fingerprint density at radius 3 is 2.70 bits per heavy atom. The summed E-state index contributed by atoms with van der Waals surface area (Å²) in [5, 5.41) is 2.77. The molecule has 9 heteroatoms. The van der Waals surface area contributed by atoms with E-state index >= 15 is 0 Å². The standard InChI is InChI=1S/C18H12F3N5O/c19-18(20,21)27-16-4-2-1-3-14(16)26-17-22-8-7-12(25-17)11-5-6-13-15(9-11)24-10-23-13/h1-10H,(H,23,24)(H,22,25,26). The lowest BCUT2D eigenvalue weighted by Crippen LogP contribution is -2.18. The summed E-state index contributed by atoms with van der Waals surface area (Å²) in [7, 11) is 0. The molecule has 2 aromatic heterocycles. The minimum absolute atomic E-state index is 0.107. The van der Waals surface area contributed by atoms with Crippen molar-refractivity contribution in [3.05, 3.63) is 61.1 Å². The summed E-state index contributed by atoms with van der Waals surface area (Å²) in [5.41, 5.74) is 3.21. The van der Waals surface area contributed by atoms with Gasteiger partial charge in [-0.2, -0.15) is 0 Å². The van der Waals surface area contributed by atoms with Gasteiger partial charge in [0.05, 0.1) is 28.7 Å². The fourth-order valence-electron chi connectivity index (χ4n) is 2.58. The Kier molecular flexibility index (Phi) is 4.11. The smallest absolute Gasteiger partial charge is 0.404 e. The maximum Gasteiger partial charge on any atom is 0.573 e. The van der Waals surface area contributed by atoms with Crippen molar-refractivity contribution in [1.82, 2.24) is 19.9 Å². The van der Waals surface area contributed by atoms with Gasteiger partial charge in [0.1, 0.15) is 0 Å². The van der Waals surface area contributed by atoms with Crippen LogP contribution in [0, 0.1) is 0 Å². The van der Waals surface area contributed by atoms with Gasteiger partial charge in [-0.3, -0.25) is 0 Å². The quantitative estimate of drug-likeness (QED) is 0.546. The van der Waals surface area contributed by atoms with Crippen LogP contribution >= 0.6 is 0 Å². The number of nitrogens with one attached hydrogen (secondary N) is 2. The second-order valence-electron chi connectivity index (χ2n) is 5.57. The number of para-hydroxylation sites is 2. The van der Waals surface area contributed by atoms with E-state index in [0.29, 0.717) is 5.69 Å². The Labute approximate surface area is 151 Å². The molecule has 2 heterocycles. The second-order valence-corrected chi connectivity index (χ2v) is 5.57. The van der Waals surface area contributed by atoms with Gasteiger partial charge in [0, 0.05) is 11.8 Å². The number of halogens is 3. The van der Waals surface area contributed by atoms with Crippen molar-refractivity contribution in [2.24, 2.45) is 0 Å². The van der Waals surface area contributed by atoms with Crippen LogP contribution < -0.4 is 10.1 Å². The molecular weight excluding hydrogens is 359 g/mol. The number of hydrogen-bond donors (Lipinski definition) is 2. The number of alkyl halides is 3. The molecule has 4 rings (SSSR count). The van der Waals surface area contributed by atoms with E-state index in [1.807, 2.05) is 18.2 Å². The second kappa shape index (κ2) is 6.60. The highest BCUT2D eigenvalue weighted by Crippen LogP contribution is 2.31. The predicted octanol–water partition coefficient (Wildman–Crippen LogP) is 4.66. The normalized spacial score (nSPS) is 11.5. The molecule has 136 valence electrons. The van der Waals surface area contributed by atoms with Crippen LogP contribution in [0.2, 0.25) is 0 Å².